The van der Waals surface area contributed by atoms with Crippen LogP contribution < -0.4 is 4.90 Å². The third-order valence-electron chi connectivity index (χ3n) is 16.2. The Hall–Kier alpha value is -4.62. The molecule has 12 rings (SSSR count). The first kappa shape index (κ1) is 30.8. The molecule has 262 valence electrons. The number of hydrogen-bond acceptors (Lipinski definition) is 1. The van der Waals surface area contributed by atoms with Gasteiger partial charge in [0, 0.05) is 22.5 Å². The van der Waals surface area contributed by atoms with Gasteiger partial charge in [-0.3, -0.25) is 0 Å². The van der Waals surface area contributed by atoms with Crippen molar-refractivity contribution >= 4 is 27.8 Å². The molecule has 0 radical (unpaired) electrons. The average Bonchev–Trinajstić information content (AvgIpc) is 3.81. The van der Waals surface area contributed by atoms with Crippen molar-refractivity contribution in [3.8, 4) is 22.3 Å². The van der Waals surface area contributed by atoms with Crippen molar-refractivity contribution in [2.75, 3.05) is 4.90 Å². The van der Waals surface area contributed by atoms with Crippen LogP contribution in [0.1, 0.15) is 88.5 Å². The van der Waals surface area contributed by atoms with E-state index in [1.165, 1.54) is 99.7 Å². The van der Waals surface area contributed by atoms with Crippen molar-refractivity contribution in [3.63, 3.8) is 0 Å². The maximum Gasteiger partial charge on any atom is 0.0465 e. The highest BCUT2D eigenvalue weighted by molar-refractivity contribution is 5.97. The van der Waals surface area contributed by atoms with Gasteiger partial charge in [0.05, 0.1) is 0 Å². The lowest BCUT2D eigenvalue weighted by Crippen LogP contribution is -2.73. The van der Waals surface area contributed by atoms with Crippen LogP contribution in [0.3, 0.4) is 0 Å². The Morgan fingerprint density at radius 1 is 0.509 bits per heavy atom. The number of nitrogens with zero attached hydrogens (tertiary/aromatic N) is 1. The SMILES string of the molecule is CC1(C)CCC(C)(C)c2cc(N(c3ccc(-c4cccc5ccccc45)cc3)c3ccc4c(c3)C3(c5ccccc5-4)C4CC5CC6CC3C64C5)ccc21. The van der Waals surface area contributed by atoms with E-state index >= 15 is 0 Å². The molecule has 6 aromatic rings. The second kappa shape index (κ2) is 10.1. The Bertz CT molecular complexity index is 2510. The van der Waals surface area contributed by atoms with Crippen molar-refractivity contribution < 1.29 is 0 Å². The average molecular weight is 688 g/mol. The Morgan fingerprint density at radius 2 is 1.15 bits per heavy atom. The highest BCUT2D eigenvalue weighted by atomic mass is 15.1. The number of rotatable bonds is 4. The zero-order chi connectivity index (χ0) is 35.5. The standard InChI is InChI=1S/C52H49N/c1-49(2)24-25-50(3,4)46-30-38(21-23-44(46)49)53(36-18-16-34(17-19-36)40-14-9-11-33-10-5-6-12-39(33)40)37-20-22-42-41-13-7-8-15-43(41)52(45(42)29-37)47-27-32-26-35-28-48(52)51(35,47)31-32/h5-23,29-30,32,35,47-48H,24-28,31H2,1-4H3. The largest absolute Gasteiger partial charge is 0.310 e. The zero-order valence-electron chi connectivity index (χ0n) is 31.6. The Labute approximate surface area is 315 Å². The van der Waals surface area contributed by atoms with Crippen LogP contribution in [-0.2, 0) is 16.2 Å². The van der Waals surface area contributed by atoms with Gasteiger partial charge in [0.2, 0.25) is 0 Å². The molecule has 0 saturated heterocycles. The fraction of sp³-hybridized carbons (Fsp3) is 0.346. The Kier molecular flexibility index (Phi) is 5.88. The Balaban J connectivity index is 1.04. The van der Waals surface area contributed by atoms with Crippen molar-refractivity contribution in [3.05, 3.63) is 150 Å². The van der Waals surface area contributed by atoms with E-state index in [1.807, 2.05) is 0 Å². The van der Waals surface area contributed by atoms with Crippen LogP contribution in [0, 0.1) is 29.1 Å². The summed E-state index contributed by atoms with van der Waals surface area (Å²) in [6, 6.07) is 49.4. The van der Waals surface area contributed by atoms with Gasteiger partial charge in [0.1, 0.15) is 0 Å². The van der Waals surface area contributed by atoms with Crippen LogP contribution in [0.15, 0.2) is 127 Å². The summed E-state index contributed by atoms with van der Waals surface area (Å²) >= 11 is 0. The fourth-order valence-electron chi connectivity index (χ4n) is 13.9. The maximum atomic E-state index is 2.66. The first-order chi connectivity index (χ1) is 25.7. The van der Waals surface area contributed by atoms with Gasteiger partial charge in [-0.25, -0.2) is 0 Å². The van der Waals surface area contributed by atoms with Gasteiger partial charge in [0.15, 0.2) is 0 Å². The minimum Gasteiger partial charge on any atom is -0.310 e. The summed E-state index contributed by atoms with van der Waals surface area (Å²) < 4.78 is 0. The van der Waals surface area contributed by atoms with E-state index in [1.54, 1.807) is 11.1 Å². The Morgan fingerprint density at radius 3 is 1.98 bits per heavy atom. The number of anilines is 3. The lowest BCUT2D eigenvalue weighted by molar-refractivity contribution is -0.231. The van der Waals surface area contributed by atoms with Crippen LogP contribution in [0.5, 0.6) is 0 Å². The topological polar surface area (TPSA) is 3.24 Å². The summed E-state index contributed by atoms with van der Waals surface area (Å²) in [6.07, 6.45) is 8.31. The van der Waals surface area contributed by atoms with Crippen molar-refractivity contribution in [1.82, 2.24) is 0 Å². The summed E-state index contributed by atoms with van der Waals surface area (Å²) in [5.74, 6) is 3.54. The van der Waals surface area contributed by atoms with Gasteiger partial charge in [0.25, 0.3) is 0 Å². The van der Waals surface area contributed by atoms with Crippen molar-refractivity contribution in [2.24, 2.45) is 29.1 Å². The van der Waals surface area contributed by atoms with E-state index in [-0.39, 0.29) is 16.2 Å². The molecule has 6 atom stereocenters. The van der Waals surface area contributed by atoms with Gasteiger partial charge in [-0.15, -0.1) is 0 Å². The summed E-state index contributed by atoms with van der Waals surface area (Å²) in [7, 11) is 0. The van der Waals surface area contributed by atoms with Gasteiger partial charge < -0.3 is 4.90 Å². The summed E-state index contributed by atoms with van der Waals surface area (Å²) in [5, 5.41) is 2.59. The molecular weight excluding hydrogens is 639 g/mol. The molecule has 1 nitrogen and oxygen atoms in total. The molecule has 2 bridgehead atoms. The normalized spacial score (nSPS) is 29.9. The highest BCUT2D eigenvalue weighted by Gasteiger charge is 2.84. The third kappa shape index (κ3) is 3.75. The summed E-state index contributed by atoms with van der Waals surface area (Å²) in [4.78, 5) is 2.58. The van der Waals surface area contributed by atoms with Gasteiger partial charge in [-0.2, -0.15) is 0 Å². The van der Waals surface area contributed by atoms with E-state index in [0.717, 1.165) is 23.7 Å². The molecule has 6 aliphatic carbocycles. The molecule has 0 aromatic heterocycles. The number of hydrogen-bond donors (Lipinski definition) is 0. The molecule has 4 fully saturated rings. The summed E-state index contributed by atoms with van der Waals surface area (Å²) in [5.41, 5.74) is 16.7. The number of benzene rings is 6. The van der Waals surface area contributed by atoms with Crippen LogP contribution >= 0.6 is 0 Å². The van der Waals surface area contributed by atoms with E-state index < -0.39 is 0 Å². The predicted octanol–water partition coefficient (Wildman–Crippen LogP) is 13.7. The van der Waals surface area contributed by atoms with E-state index in [4.69, 9.17) is 0 Å². The maximum absolute atomic E-state index is 2.66. The predicted molar refractivity (Wildman–Crippen MR) is 220 cm³/mol. The van der Waals surface area contributed by atoms with Crippen LogP contribution in [0.25, 0.3) is 33.0 Å². The molecule has 53 heavy (non-hydrogen) atoms. The van der Waals surface area contributed by atoms with Crippen LogP contribution in [0.4, 0.5) is 17.1 Å². The number of fused-ring (bicyclic) bond motifs is 10. The molecule has 6 unspecified atom stereocenters. The lowest BCUT2D eigenvalue weighted by atomic mass is 9.27. The third-order valence-corrected chi connectivity index (χ3v) is 16.2. The van der Waals surface area contributed by atoms with E-state index in [9.17, 15) is 0 Å². The van der Waals surface area contributed by atoms with Gasteiger partial charge >= 0.3 is 0 Å². The first-order valence-electron chi connectivity index (χ1n) is 20.5. The molecular formula is C52H49N. The molecule has 6 aliphatic rings. The monoisotopic (exact) mass is 687 g/mol. The minimum atomic E-state index is 0.136. The molecule has 0 heterocycles. The molecule has 0 amide bonds. The van der Waals surface area contributed by atoms with Crippen LogP contribution in [0.2, 0.25) is 0 Å². The molecule has 0 N–H and O–H groups in total. The van der Waals surface area contributed by atoms with Crippen LogP contribution in [-0.4, -0.2) is 0 Å². The molecule has 0 aliphatic heterocycles. The highest BCUT2D eigenvalue weighted by Crippen LogP contribution is 2.89. The first-order valence-corrected chi connectivity index (χ1v) is 20.5. The van der Waals surface area contributed by atoms with E-state index in [0.29, 0.717) is 5.41 Å². The van der Waals surface area contributed by atoms with Gasteiger partial charge in [-0.1, -0.05) is 119 Å². The zero-order valence-corrected chi connectivity index (χ0v) is 31.6. The van der Waals surface area contributed by atoms with E-state index in [2.05, 4.69) is 160 Å². The molecule has 2 spiro atoms. The summed E-state index contributed by atoms with van der Waals surface area (Å²) in [6.45, 7) is 9.79. The molecule has 6 aromatic carbocycles. The second-order valence-electron chi connectivity index (χ2n) is 19.2. The molecule has 1 heteroatoms. The molecule has 4 saturated carbocycles. The fourth-order valence-corrected chi connectivity index (χ4v) is 13.9. The van der Waals surface area contributed by atoms with Crippen molar-refractivity contribution in [1.29, 1.82) is 0 Å². The smallest absolute Gasteiger partial charge is 0.0465 e. The lowest BCUT2D eigenvalue weighted by Gasteiger charge is -2.76. The van der Waals surface area contributed by atoms with Crippen molar-refractivity contribution in [2.45, 2.75) is 82.5 Å². The van der Waals surface area contributed by atoms with Gasteiger partial charge in [-0.05, 0) is 170 Å². The quantitative estimate of drug-likeness (QED) is 0.178. The minimum absolute atomic E-state index is 0.136. The second-order valence-corrected chi connectivity index (χ2v) is 19.2.